The second-order valence-corrected chi connectivity index (χ2v) is 12.1. The van der Waals surface area contributed by atoms with Crippen molar-refractivity contribution < 1.29 is 19.1 Å². The summed E-state index contributed by atoms with van der Waals surface area (Å²) in [5.41, 5.74) is 7.37. The van der Waals surface area contributed by atoms with Gasteiger partial charge in [-0.1, -0.05) is 19.9 Å². The topological polar surface area (TPSA) is 88.9 Å². The molecule has 5 rings (SSSR count). The van der Waals surface area contributed by atoms with Gasteiger partial charge in [0.15, 0.2) is 0 Å². The summed E-state index contributed by atoms with van der Waals surface area (Å²) in [5.74, 6) is 0.301. The van der Waals surface area contributed by atoms with Crippen LogP contribution in [0.25, 0.3) is 27.7 Å². The Kier molecular flexibility index (Phi) is 7.38. The minimum atomic E-state index is -0.486. The molecule has 0 bridgehead atoms. The standard InChI is InChI=1S/C32H40N4O4/c1-8-39-30(37)25-18-33-36-20(4)15-23(17-27(25)36)29-28(19(2)3)24-16-22(9-10-26(24)34-29)21-11-13-35(14-12-21)31(38)40-32(5,6)7/h9-10,15-19,21,34H,8,11-14H2,1-7H3. The van der Waals surface area contributed by atoms with Gasteiger partial charge in [0, 0.05) is 35.2 Å². The van der Waals surface area contributed by atoms with Crippen molar-refractivity contribution in [1.29, 1.82) is 0 Å². The SMILES string of the molecule is CCOC(=O)c1cnn2c(C)cc(-c3[nH]c4ccc(C5CCN(C(=O)OC(C)(C)C)CC5)cc4c3C(C)C)cc12. The van der Waals surface area contributed by atoms with Crippen LogP contribution >= 0.6 is 0 Å². The molecular formula is C32H40N4O4. The molecule has 1 N–H and O–H groups in total. The molecular weight excluding hydrogens is 504 g/mol. The number of ether oxygens (including phenoxy) is 2. The number of likely N-dealkylation sites (tertiary alicyclic amines) is 1. The number of aryl methyl sites for hydroxylation is 1. The maximum absolute atomic E-state index is 12.6. The lowest BCUT2D eigenvalue weighted by atomic mass is 9.87. The monoisotopic (exact) mass is 544 g/mol. The van der Waals surface area contributed by atoms with Gasteiger partial charge >= 0.3 is 12.1 Å². The van der Waals surface area contributed by atoms with Crippen molar-refractivity contribution in [1.82, 2.24) is 19.5 Å². The quantitative estimate of drug-likeness (QED) is 0.268. The maximum Gasteiger partial charge on any atom is 0.410 e. The number of piperidine rings is 1. The molecule has 0 unspecified atom stereocenters. The third-order valence-electron chi connectivity index (χ3n) is 7.64. The van der Waals surface area contributed by atoms with Crippen LogP contribution in [-0.2, 0) is 9.47 Å². The first-order valence-corrected chi connectivity index (χ1v) is 14.3. The molecule has 1 amide bonds. The van der Waals surface area contributed by atoms with Crippen LogP contribution in [-0.4, -0.2) is 56.9 Å². The Morgan fingerprint density at radius 2 is 1.85 bits per heavy atom. The van der Waals surface area contributed by atoms with Crippen molar-refractivity contribution in [3.63, 3.8) is 0 Å². The number of esters is 1. The summed E-state index contributed by atoms with van der Waals surface area (Å²) < 4.78 is 12.6. The van der Waals surface area contributed by atoms with Gasteiger partial charge in [0.05, 0.1) is 24.0 Å². The number of pyridine rings is 1. The van der Waals surface area contributed by atoms with Crippen molar-refractivity contribution in [2.45, 2.75) is 78.7 Å². The average Bonchev–Trinajstić information content (AvgIpc) is 3.50. The second-order valence-electron chi connectivity index (χ2n) is 12.1. The number of aromatic amines is 1. The van der Waals surface area contributed by atoms with Gasteiger partial charge in [-0.05, 0) is 94.7 Å². The molecule has 3 aromatic heterocycles. The largest absolute Gasteiger partial charge is 0.462 e. The molecule has 0 atom stereocenters. The number of H-pyrrole nitrogens is 1. The molecule has 1 fully saturated rings. The number of aromatic nitrogens is 3. The lowest BCUT2D eigenvalue weighted by molar-refractivity contribution is 0.0204. The number of nitrogens with one attached hydrogen (secondary N) is 1. The van der Waals surface area contributed by atoms with Crippen molar-refractivity contribution in [3.8, 4) is 11.3 Å². The Morgan fingerprint density at radius 3 is 2.50 bits per heavy atom. The Hall–Kier alpha value is -3.81. The number of carbonyl (C=O) groups excluding carboxylic acids is 2. The molecule has 4 heterocycles. The van der Waals surface area contributed by atoms with Crippen molar-refractivity contribution in [2.24, 2.45) is 0 Å². The van der Waals surface area contributed by atoms with Gasteiger partial charge < -0.3 is 19.4 Å². The molecule has 1 aromatic carbocycles. The van der Waals surface area contributed by atoms with Gasteiger partial charge in [-0.2, -0.15) is 5.10 Å². The molecule has 0 aliphatic carbocycles. The highest BCUT2D eigenvalue weighted by molar-refractivity contribution is 5.98. The first-order valence-electron chi connectivity index (χ1n) is 14.3. The van der Waals surface area contributed by atoms with Crippen LogP contribution in [0.2, 0.25) is 0 Å². The van der Waals surface area contributed by atoms with Gasteiger partial charge in [0.2, 0.25) is 0 Å². The zero-order chi connectivity index (χ0) is 28.8. The molecule has 8 nitrogen and oxygen atoms in total. The van der Waals surface area contributed by atoms with E-state index >= 15 is 0 Å². The van der Waals surface area contributed by atoms with Gasteiger partial charge in [-0.3, -0.25) is 0 Å². The van der Waals surface area contributed by atoms with Gasteiger partial charge in [0.25, 0.3) is 0 Å². The Balaban J connectivity index is 1.48. The van der Waals surface area contributed by atoms with E-state index in [1.165, 1.54) is 16.5 Å². The fraction of sp³-hybridized carbons (Fsp3) is 0.469. The lowest BCUT2D eigenvalue weighted by Gasteiger charge is -2.33. The molecule has 1 aliphatic rings. The number of fused-ring (bicyclic) bond motifs is 2. The van der Waals surface area contributed by atoms with Crippen LogP contribution in [0.3, 0.4) is 0 Å². The first-order chi connectivity index (χ1) is 19.0. The van der Waals surface area contributed by atoms with Crippen molar-refractivity contribution in [3.05, 3.63) is 58.9 Å². The molecule has 0 radical (unpaired) electrons. The molecule has 0 saturated carbocycles. The molecule has 212 valence electrons. The smallest absolute Gasteiger partial charge is 0.410 e. The van der Waals surface area contributed by atoms with E-state index in [1.807, 2.05) is 38.7 Å². The molecule has 1 aliphatic heterocycles. The number of nitrogens with zero attached hydrogens (tertiary/aromatic N) is 3. The lowest BCUT2D eigenvalue weighted by Crippen LogP contribution is -2.41. The van der Waals surface area contributed by atoms with E-state index in [4.69, 9.17) is 9.47 Å². The predicted molar refractivity (Wildman–Crippen MR) is 157 cm³/mol. The summed E-state index contributed by atoms with van der Waals surface area (Å²) in [6, 6.07) is 10.8. The molecule has 4 aromatic rings. The normalized spacial score (nSPS) is 14.8. The average molecular weight is 545 g/mol. The summed E-state index contributed by atoms with van der Waals surface area (Å²) in [6.45, 7) is 15.6. The van der Waals surface area contributed by atoms with Gasteiger partial charge in [-0.25, -0.2) is 14.1 Å². The molecule has 1 saturated heterocycles. The summed E-state index contributed by atoms with van der Waals surface area (Å²) in [5, 5.41) is 5.64. The van der Waals surface area contributed by atoms with E-state index in [0.717, 1.165) is 40.8 Å². The van der Waals surface area contributed by atoms with E-state index in [2.05, 4.69) is 48.2 Å². The molecule has 40 heavy (non-hydrogen) atoms. The van der Waals surface area contributed by atoms with Crippen LogP contribution in [0.5, 0.6) is 0 Å². The van der Waals surface area contributed by atoms with Crippen LogP contribution in [0.4, 0.5) is 4.79 Å². The number of benzene rings is 1. The van der Waals surface area contributed by atoms with Crippen molar-refractivity contribution >= 4 is 28.5 Å². The minimum absolute atomic E-state index is 0.227. The first kappa shape index (κ1) is 27.7. The van der Waals surface area contributed by atoms with E-state index in [0.29, 0.717) is 31.2 Å². The van der Waals surface area contributed by atoms with E-state index in [9.17, 15) is 9.59 Å². The summed E-state index contributed by atoms with van der Waals surface area (Å²) in [4.78, 5) is 30.6. The Bertz CT molecular complexity index is 1570. The zero-order valence-electron chi connectivity index (χ0n) is 24.6. The number of hydrogen-bond donors (Lipinski definition) is 1. The van der Waals surface area contributed by atoms with Crippen LogP contribution < -0.4 is 0 Å². The highest BCUT2D eigenvalue weighted by Gasteiger charge is 2.28. The number of amides is 1. The minimum Gasteiger partial charge on any atom is -0.462 e. The zero-order valence-corrected chi connectivity index (χ0v) is 24.6. The maximum atomic E-state index is 12.6. The number of rotatable bonds is 5. The van der Waals surface area contributed by atoms with E-state index in [1.54, 1.807) is 17.6 Å². The molecule has 8 heteroatoms. The summed E-state index contributed by atoms with van der Waals surface area (Å²) in [6.07, 6.45) is 3.17. The van der Waals surface area contributed by atoms with Gasteiger partial charge in [-0.15, -0.1) is 0 Å². The summed E-state index contributed by atoms with van der Waals surface area (Å²) >= 11 is 0. The highest BCUT2D eigenvalue weighted by Crippen LogP contribution is 2.39. The van der Waals surface area contributed by atoms with Crippen molar-refractivity contribution in [2.75, 3.05) is 19.7 Å². The predicted octanol–water partition coefficient (Wildman–Crippen LogP) is 7.21. The third-order valence-corrected chi connectivity index (χ3v) is 7.64. The van der Waals surface area contributed by atoms with Crippen LogP contribution in [0, 0.1) is 6.92 Å². The Labute approximate surface area is 235 Å². The van der Waals surface area contributed by atoms with Crippen LogP contribution in [0.15, 0.2) is 36.5 Å². The van der Waals surface area contributed by atoms with Gasteiger partial charge in [0.1, 0.15) is 11.2 Å². The number of carbonyl (C=O) groups is 2. The van der Waals surface area contributed by atoms with E-state index < -0.39 is 5.60 Å². The fourth-order valence-electron chi connectivity index (χ4n) is 5.80. The van der Waals surface area contributed by atoms with E-state index in [-0.39, 0.29) is 18.0 Å². The fourth-order valence-corrected chi connectivity index (χ4v) is 5.80. The summed E-state index contributed by atoms with van der Waals surface area (Å²) in [7, 11) is 0. The highest BCUT2D eigenvalue weighted by atomic mass is 16.6. The molecule has 0 spiro atoms. The Morgan fingerprint density at radius 1 is 1.12 bits per heavy atom. The number of hydrogen-bond acceptors (Lipinski definition) is 5. The van der Waals surface area contributed by atoms with Crippen LogP contribution in [0.1, 0.15) is 93.4 Å². The third kappa shape index (κ3) is 5.31. The second kappa shape index (κ2) is 10.6.